The molecule has 1 unspecified atom stereocenters. The second-order valence-electron chi connectivity index (χ2n) is 5.78. The summed E-state index contributed by atoms with van der Waals surface area (Å²) in [5, 5.41) is 24.5. The molecule has 1 N–H and O–H groups in total. The van der Waals surface area contributed by atoms with Gasteiger partial charge in [0, 0.05) is 29.8 Å². The highest BCUT2D eigenvalue weighted by Crippen LogP contribution is 2.45. The number of benzene rings is 1. The van der Waals surface area contributed by atoms with Gasteiger partial charge in [-0.15, -0.1) is 0 Å². The van der Waals surface area contributed by atoms with Crippen molar-refractivity contribution < 1.29 is 28.0 Å². The Labute approximate surface area is 133 Å². The van der Waals surface area contributed by atoms with Gasteiger partial charge in [-0.3, -0.25) is 14.9 Å². The highest BCUT2D eigenvalue weighted by molar-refractivity contribution is 5.99. The second kappa shape index (κ2) is 5.26. The Morgan fingerprint density at radius 3 is 2.62 bits per heavy atom. The van der Waals surface area contributed by atoms with Crippen molar-refractivity contribution in [3.05, 3.63) is 39.9 Å². The van der Waals surface area contributed by atoms with Gasteiger partial charge in [0.05, 0.1) is 4.92 Å². The molecule has 128 valence electrons. The minimum Gasteiger partial charge on any atom is -0.362 e. The van der Waals surface area contributed by atoms with Gasteiger partial charge in [-0.1, -0.05) is 6.07 Å². The number of non-ortho nitro benzene ring substituents is 1. The summed E-state index contributed by atoms with van der Waals surface area (Å²) >= 11 is 0. The molecular weight excluding hydrogens is 331 g/mol. The van der Waals surface area contributed by atoms with E-state index in [9.17, 15) is 33.2 Å². The number of carbonyl (C=O) groups is 1. The molecule has 1 aliphatic heterocycles. The molecule has 1 amide bonds. The first-order valence-electron chi connectivity index (χ1n) is 7.09. The van der Waals surface area contributed by atoms with Gasteiger partial charge in [-0.25, -0.2) is 0 Å². The van der Waals surface area contributed by atoms with Crippen LogP contribution in [0.1, 0.15) is 29.6 Å². The third kappa shape index (κ3) is 2.62. The largest absolute Gasteiger partial charge is 0.438 e. The lowest BCUT2D eigenvalue weighted by molar-refractivity contribution is -0.384. The quantitative estimate of drug-likeness (QED) is 0.673. The number of alkyl halides is 3. The number of hydrogen-bond acceptors (Lipinski definition) is 5. The molecule has 0 saturated heterocycles. The Hall–Kier alpha value is -2.49. The summed E-state index contributed by atoms with van der Waals surface area (Å²) in [7, 11) is 0. The average Bonchev–Trinajstić information content (AvgIpc) is 3.29. The van der Waals surface area contributed by atoms with Crippen LogP contribution in [0.5, 0.6) is 0 Å². The van der Waals surface area contributed by atoms with Crippen molar-refractivity contribution in [1.82, 2.24) is 5.01 Å². The van der Waals surface area contributed by atoms with E-state index in [1.54, 1.807) is 0 Å². The van der Waals surface area contributed by atoms with Crippen LogP contribution in [0.25, 0.3) is 0 Å². The van der Waals surface area contributed by atoms with Gasteiger partial charge >= 0.3 is 6.18 Å². The van der Waals surface area contributed by atoms with Crippen molar-refractivity contribution in [1.29, 1.82) is 0 Å². The second-order valence-corrected chi connectivity index (χ2v) is 5.78. The van der Waals surface area contributed by atoms with Crippen LogP contribution < -0.4 is 0 Å². The normalized spacial score (nSPS) is 24.0. The Kier molecular flexibility index (Phi) is 3.59. The molecule has 10 heteroatoms. The Balaban J connectivity index is 1.99. The summed E-state index contributed by atoms with van der Waals surface area (Å²) in [5.74, 6) is -1.41. The van der Waals surface area contributed by atoms with Crippen molar-refractivity contribution >= 4 is 17.3 Å². The highest BCUT2D eigenvalue weighted by atomic mass is 19.4. The fourth-order valence-corrected chi connectivity index (χ4v) is 2.52. The van der Waals surface area contributed by atoms with Crippen LogP contribution in [0.15, 0.2) is 29.4 Å². The molecular formula is C14H12F3N3O4. The van der Waals surface area contributed by atoms with Crippen LogP contribution in [-0.2, 0) is 0 Å². The van der Waals surface area contributed by atoms with Crippen molar-refractivity contribution in [3.8, 4) is 0 Å². The van der Waals surface area contributed by atoms with Gasteiger partial charge in [0.25, 0.3) is 17.3 Å². The van der Waals surface area contributed by atoms with Crippen molar-refractivity contribution in [2.75, 3.05) is 0 Å². The van der Waals surface area contributed by atoms with Crippen molar-refractivity contribution in [2.45, 2.75) is 31.2 Å². The molecule has 1 fully saturated rings. The number of hydrazone groups is 1. The smallest absolute Gasteiger partial charge is 0.362 e. The van der Waals surface area contributed by atoms with Gasteiger partial charge in [0.2, 0.25) is 0 Å². The number of carbonyl (C=O) groups excluding carboxylic acids is 1. The molecule has 7 nitrogen and oxygen atoms in total. The zero-order chi connectivity index (χ0) is 17.7. The van der Waals surface area contributed by atoms with Crippen molar-refractivity contribution in [3.63, 3.8) is 0 Å². The maximum absolute atomic E-state index is 13.3. The Bertz CT molecular complexity index is 745. The van der Waals surface area contributed by atoms with Gasteiger partial charge in [-0.2, -0.15) is 23.3 Å². The number of nitrogens with zero attached hydrogens (tertiary/aromatic N) is 3. The van der Waals surface area contributed by atoms with E-state index in [-0.39, 0.29) is 22.2 Å². The maximum atomic E-state index is 13.3. The number of hydrogen-bond donors (Lipinski definition) is 1. The minimum absolute atomic E-state index is 0.000285. The number of nitro benzene ring substituents is 1. The van der Waals surface area contributed by atoms with Gasteiger partial charge < -0.3 is 5.11 Å². The van der Waals surface area contributed by atoms with Gasteiger partial charge in [0.15, 0.2) is 0 Å². The van der Waals surface area contributed by atoms with Crippen LogP contribution in [0.4, 0.5) is 18.9 Å². The first-order chi connectivity index (χ1) is 11.1. The molecule has 0 radical (unpaired) electrons. The predicted octanol–water partition coefficient (Wildman–Crippen LogP) is 2.46. The van der Waals surface area contributed by atoms with Crippen LogP contribution in [0, 0.1) is 16.0 Å². The van der Waals surface area contributed by atoms with Crippen LogP contribution >= 0.6 is 0 Å². The summed E-state index contributed by atoms with van der Waals surface area (Å²) in [4.78, 5) is 22.4. The molecule has 1 aliphatic carbocycles. The lowest BCUT2D eigenvalue weighted by atomic mass is 10.0. The molecule has 2 aliphatic rings. The third-order valence-corrected chi connectivity index (χ3v) is 4.01. The van der Waals surface area contributed by atoms with E-state index >= 15 is 0 Å². The highest BCUT2D eigenvalue weighted by Gasteiger charge is 2.64. The van der Waals surface area contributed by atoms with E-state index in [1.807, 2.05) is 0 Å². The molecule has 1 aromatic carbocycles. The molecule has 0 aromatic heterocycles. The summed E-state index contributed by atoms with van der Waals surface area (Å²) in [5.41, 5.74) is -4.12. The lowest BCUT2D eigenvalue weighted by Gasteiger charge is -2.32. The Morgan fingerprint density at radius 2 is 2.08 bits per heavy atom. The topological polar surface area (TPSA) is 96.0 Å². The molecule has 1 atom stereocenters. The first-order valence-corrected chi connectivity index (χ1v) is 7.09. The number of rotatable bonds is 3. The van der Waals surface area contributed by atoms with E-state index in [0.717, 1.165) is 18.2 Å². The van der Waals surface area contributed by atoms with Gasteiger partial charge in [-0.05, 0) is 24.8 Å². The van der Waals surface area contributed by atoms with E-state index in [1.165, 1.54) is 6.07 Å². The number of halogens is 3. The van der Waals surface area contributed by atoms with E-state index in [0.29, 0.717) is 12.8 Å². The summed E-state index contributed by atoms with van der Waals surface area (Å²) in [6.45, 7) is 0. The number of amides is 1. The summed E-state index contributed by atoms with van der Waals surface area (Å²) < 4.78 is 39.9. The molecule has 0 bridgehead atoms. The fraction of sp³-hybridized carbons (Fsp3) is 0.429. The molecule has 24 heavy (non-hydrogen) atoms. The molecule has 3 rings (SSSR count). The van der Waals surface area contributed by atoms with E-state index < -0.39 is 34.8 Å². The fourth-order valence-electron chi connectivity index (χ4n) is 2.52. The average molecular weight is 343 g/mol. The summed E-state index contributed by atoms with van der Waals surface area (Å²) in [6.07, 6.45) is -4.59. The lowest BCUT2D eigenvalue weighted by Crippen LogP contribution is -2.56. The van der Waals surface area contributed by atoms with Crippen molar-refractivity contribution in [2.24, 2.45) is 11.0 Å². The SMILES string of the molecule is O=C(c1cccc([N+](=O)[O-])c1)N1N=C(C2CC2)CC1(O)C(F)(F)F. The Morgan fingerprint density at radius 1 is 1.42 bits per heavy atom. The number of aliphatic hydroxyl groups is 1. The zero-order valence-corrected chi connectivity index (χ0v) is 12.2. The van der Waals surface area contributed by atoms with Crippen LogP contribution in [-0.4, -0.2) is 38.6 Å². The van der Waals surface area contributed by atoms with E-state index in [2.05, 4.69) is 5.10 Å². The van der Waals surface area contributed by atoms with Crippen LogP contribution in [0.2, 0.25) is 0 Å². The third-order valence-electron chi connectivity index (χ3n) is 4.01. The van der Waals surface area contributed by atoms with Gasteiger partial charge in [0.1, 0.15) is 0 Å². The predicted molar refractivity (Wildman–Crippen MR) is 75.0 cm³/mol. The molecule has 1 heterocycles. The van der Waals surface area contributed by atoms with E-state index in [4.69, 9.17) is 0 Å². The molecule has 1 aromatic rings. The number of nitro groups is 1. The standard InChI is InChI=1S/C14H12F3N3O4/c15-14(16,17)13(22)7-11(8-4-5-8)18-19(13)12(21)9-2-1-3-10(6-9)20(23)24/h1-3,6,8,22H,4-5,7H2. The monoisotopic (exact) mass is 343 g/mol. The summed E-state index contributed by atoms with van der Waals surface area (Å²) in [6, 6.07) is 4.27. The zero-order valence-electron chi connectivity index (χ0n) is 12.2. The minimum atomic E-state index is -5.11. The maximum Gasteiger partial charge on any atom is 0.438 e. The first kappa shape index (κ1) is 16.4. The molecule has 1 saturated carbocycles. The molecule has 0 spiro atoms. The van der Waals surface area contributed by atoms with Crippen LogP contribution in [0.3, 0.4) is 0 Å².